The highest BCUT2D eigenvalue weighted by molar-refractivity contribution is 9.10. The van der Waals surface area contributed by atoms with Crippen molar-refractivity contribution in [3.8, 4) is 0 Å². The fourth-order valence-corrected chi connectivity index (χ4v) is 3.20. The molecule has 1 fully saturated rings. The number of carbonyl (C=O) groups excluding carboxylic acids is 1. The zero-order valence-corrected chi connectivity index (χ0v) is 13.8. The molecule has 2 heterocycles. The third kappa shape index (κ3) is 3.49. The van der Waals surface area contributed by atoms with Crippen LogP contribution in [0.2, 0.25) is 0 Å². The molecule has 0 bridgehead atoms. The van der Waals surface area contributed by atoms with Gasteiger partial charge in [0.05, 0.1) is 5.69 Å². The minimum atomic E-state index is -0.261. The van der Waals surface area contributed by atoms with E-state index in [4.69, 9.17) is 0 Å². The molecule has 1 aromatic heterocycles. The van der Waals surface area contributed by atoms with Gasteiger partial charge in [-0.1, -0.05) is 28.1 Å². The van der Waals surface area contributed by atoms with Gasteiger partial charge >= 0.3 is 0 Å². The van der Waals surface area contributed by atoms with Gasteiger partial charge in [0.25, 0.3) is 0 Å². The van der Waals surface area contributed by atoms with Gasteiger partial charge < -0.3 is 5.32 Å². The Morgan fingerprint density at radius 3 is 2.81 bits per heavy atom. The molecule has 0 spiro atoms. The first-order valence-electron chi connectivity index (χ1n) is 6.61. The van der Waals surface area contributed by atoms with Gasteiger partial charge in [-0.3, -0.25) is 4.79 Å². The maximum absolute atomic E-state index is 12.2. The minimum absolute atomic E-state index is 0.0588. The molecule has 7 heteroatoms. The Bertz CT molecular complexity index is 643. The van der Waals surface area contributed by atoms with Crippen LogP contribution >= 0.6 is 27.3 Å². The Morgan fingerprint density at radius 2 is 2.14 bits per heavy atom. The number of anilines is 1. The number of hydrogen-bond acceptors (Lipinski definition) is 5. The van der Waals surface area contributed by atoms with Gasteiger partial charge in [-0.2, -0.15) is 0 Å². The van der Waals surface area contributed by atoms with Gasteiger partial charge in [0.15, 0.2) is 5.13 Å². The number of nitrogens with one attached hydrogen (secondary N) is 3. The fraction of sp³-hybridized carbons (Fsp3) is 0.286. The van der Waals surface area contributed by atoms with Crippen molar-refractivity contribution in [2.75, 3.05) is 5.32 Å². The number of thiazole rings is 1. The van der Waals surface area contributed by atoms with Crippen molar-refractivity contribution < 1.29 is 4.79 Å². The van der Waals surface area contributed by atoms with Crippen LogP contribution in [0.25, 0.3) is 0 Å². The summed E-state index contributed by atoms with van der Waals surface area (Å²) in [6.45, 7) is 1.91. The van der Waals surface area contributed by atoms with Crippen molar-refractivity contribution in [2.24, 2.45) is 0 Å². The lowest BCUT2D eigenvalue weighted by Gasteiger charge is -2.09. The number of aromatic nitrogens is 1. The molecule has 0 radical (unpaired) electrons. The van der Waals surface area contributed by atoms with E-state index in [1.807, 2.05) is 36.6 Å². The van der Waals surface area contributed by atoms with E-state index in [-0.39, 0.29) is 18.0 Å². The first kappa shape index (κ1) is 14.6. The normalized spacial score (nSPS) is 21.4. The summed E-state index contributed by atoms with van der Waals surface area (Å²) in [6, 6.07) is 7.97. The molecular formula is C14H15BrN4OS. The molecule has 0 saturated carbocycles. The number of nitrogens with zero attached hydrogens (tertiary/aromatic N) is 1. The molecule has 110 valence electrons. The Kier molecular flexibility index (Phi) is 4.34. The number of hydrogen-bond donors (Lipinski definition) is 3. The second kappa shape index (κ2) is 6.23. The fourth-order valence-electron chi connectivity index (χ4n) is 2.25. The largest absolute Gasteiger partial charge is 0.301 e. The average Bonchev–Trinajstić information content (AvgIpc) is 3.09. The smallest absolute Gasteiger partial charge is 0.244 e. The second-order valence-electron chi connectivity index (χ2n) is 4.96. The van der Waals surface area contributed by atoms with Crippen molar-refractivity contribution in [3.05, 3.63) is 45.4 Å². The highest BCUT2D eigenvalue weighted by Gasteiger charge is 2.30. The van der Waals surface area contributed by atoms with Gasteiger partial charge in [0.2, 0.25) is 5.91 Å². The summed E-state index contributed by atoms with van der Waals surface area (Å²) in [6.07, 6.45) is 0.706. The Labute approximate surface area is 135 Å². The van der Waals surface area contributed by atoms with Gasteiger partial charge in [-0.05, 0) is 31.0 Å². The Hall–Kier alpha value is -1.28. The van der Waals surface area contributed by atoms with Crippen LogP contribution in [0.4, 0.5) is 5.13 Å². The summed E-state index contributed by atoms with van der Waals surface area (Å²) < 4.78 is 1.05. The van der Waals surface area contributed by atoms with Gasteiger partial charge in [-0.25, -0.2) is 15.8 Å². The molecule has 2 aromatic rings. The molecule has 0 aliphatic carbocycles. The topological polar surface area (TPSA) is 66.1 Å². The number of amides is 1. The first-order valence-corrected chi connectivity index (χ1v) is 8.28. The van der Waals surface area contributed by atoms with E-state index in [9.17, 15) is 4.79 Å². The SMILES string of the molecule is Cc1csc(NC(=O)C2CC(c3ccc(Br)cc3)NN2)n1. The summed E-state index contributed by atoms with van der Waals surface area (Å²) in [7, 11) is 0. The van der Waals surface area contributed by atoms with Crippen LogP contribution in [0.5, 0.6) is 0 Å². The number of carbonyl (C=O) groups is 1. The van der Waals surface area contributed by atoms with Crippen molar-refractivity contribution in [1.82, 2.24) is 15.8 Å². The second-order valence-corrected chi connectivity index (χ2v) is 6.74. The number of hydrazine groups is 1. The van der Waals surface area contributed by atoms with Crippen LogP contribution in [0, 0.1) is 6.92 Å². The lowest BCUT2D eigenvalue weighted by atomic mass is 10.0. The van der Waals surface area contributed by atoms with Crippen LogP contribution in [0.1, 0.15) is 23.7 Å². The molecule has 3 rings (SSSR count). The molecule has 2 unspecified atom stereocenters. The molecular weight excluding hydrogens is 352 g/mol. The highest BCUT2D eigenvalue weighted by Crippen LogP contribution is 2.24. The summed E-state index contributed by atoms with van der Waals surface area (Å²) in [5, 5.41) is 5.41. The van der Waals surface area contributed by atoms with Crippen molar-refractivity contribution in [1.29, 1.82) is 0 Å². The predicted molar refractivity (Wildman–Crippen MR) is 87.0 cm³/mol. The standard InChI is InChI=1S/C14H15BrN4OS/c1-8-7-21-14(16-8)17-13(20)12-6-11(18-19-12)9-2-4-10(15)5-3-9/h2-5,7,11-12,18-19H,6H2,1H3,(H,16,17,20). The Morgan fingerprint density at radius 1 is 1.38 bits per heavy atom. The molecule has 5 nitrogen and oxygen atoms in total. The van der Waals surface area contributed by atoms with E-state index in [1.165, 1.54) is 11.3 Å². The molecule has 1 saturated heterocycles. The number of benzene rings is 1. The predicted octanol–water partition coefficient (Wildman–Crippen LogP) is 2.76. The van der Waals surface area contributed by atoms with Crippen LogP contribution in [0.3, 0.4) is 0 Å². The van der Waals surface area contributed by atoms with Crippen LogP contribution in [-0.4, -0.2) is 16.9 Å². The van der Waals surface area contributed by atoms with E-state index >= 15 is 0 Å². The maximum atomic E-state index is 12.2. The lowest BCUT2D eigenvalue weighted by molar-refractivity contribution is -0.117. The van der Waals surface area contributed by atoms with Crippen molar-refractivity contribution in [3.63, 3.8) is 0 Å². The summed E-state index contributed by atoms with van der Waals surface area (Å²) in [4.78, 5) is 16.4. The number of aryl methyl sites for hydroxylation is 1. The lowest BCUT2D eigenvalue weighted by Crippen LogP contribution is -2.39. The maximum Gasteiger partial charge on any atom is 0.244 e. The summed E-state index contributed by atoms with van der Waals surface area (Å²) in [5.41, 5.74) is 8.30. The third-order valence-electron chi connectivity index (χ3n) is 3.34. The van der Waals surface area contributed by atoms with Crippen LogP contribution < -0.4 is 16.2 Å². The van der Waals surface area contributed by atoms with E-state index < -0.39 is 0 Å². The molecule has 1 amide bonds. The molecule has 1 aromatic carbocycles. The average molecular weight is 367 g/mol. The minimum Gasteiger partial charge on any atom is -0.301 e. The summed E-state index contributed by atoms with van der Waals surface area (Å²) >= 11 is 4.86. The monoisotopic (exact) mass is 366 g/mol. The van der Waals surface area contributed by atoms with Gasteiger partial charge in [-0.15, -0.1) is 11.3 Å². The van der Waals surface area contributed by atoms with E-state index in [0.717, 1.165) is 15.7 Å². The van der Waals surface area contributed by atoms with Gasteiger partial charge in [0.1, 0.15) is 6.04 Å². The van der Waals surface area contributed by atoms with Crippen LogP contribution in [0.15, 0.2) is 34.1 Å². The van der Waals surface area contributed by atoms with Gasteiger partial charge in [0, 0.05) is 15.9 Å². The van der Waals surface area contributed by atoms with E-state index in [0.29, 0.717) is 11.6 Å². The summed E-state index contributed by atoms with van der Waals surface area (Å²) in [5.74, 6) is -0.0588. The zero-order valence-electron chi connectivity index (χ0n) is 11.4. The third-order valence-corrected chi connectivity index (χ3v) is 4.75. The molecule has 1 aliphatic rings. The first-order chi connectivity index (χ1) is 10.1. The number of rotatable bonds is 3. The molecule has 2 atom stereocenters. The molecule has 1 aliphatic heterocycles. The Balaban J connectivity index is 1.61. The molecule has 3 N–H and O–H groups in total. The van der Waals surface area contributed by atoms with Crippen molar-refractivity contribution in [2.45, 2.75) is 25.4 Å². The van der Waals surface area contributed by atoms with E-state index in [1.54, 1.807) is 0 Å². The van der Waals surface area contributed by atoms with E-state index in [2.05, 4.69) is 37.1 Å². The van der Waals surface area contributed by atoms with Crippen molar-refractivity contribution >= 4 is 38.3 Å². The zero-order chi connectivity index (χ0) is 14.8. The molecule has 21 heavy (non-hydrogen) atoms. The quantitative estimate of drug-likeness (QED) is 0.781. The number of halogens is 1. The highest BCUT2D eigenvalue weighted by atomic mass is 79.9. The van der Waals surface area contributed by atoms with Crippen LogP contribution in [-0.2, 0) is 4.79 Å².